The van der Waals surface area contributed by atoms with Crippen molar-refractivity contribution in [3.63, 3.8) is 0 Å². The highest BCUT2D eigenvalue weighted by Crippen LogP contribution is 2.21. The lowest BCUT2D eigenvalue weighted by Crippen LogP contribution is -2.28. The van der Waals surface area contributed by atoms with E-state index >= 15 is 0 Å². The van der Waals surface area contributed by atoms with E-state index < -0.39 is 0 Å². The molecular formula is C14H12N4O2S. The van der Waals surface area contributed by atoms with Gasteiger partial charge in [0.25, 0.3) is 5.89 Å². The van der Waals surface area contributed by atoms with Gasteiger partial charge >= 0.3 is 12.0 Å². The number of carbonyl (C=O) groups is 1. The lowest BCUT2D eigenvalue weighted by Gasteiger charge is -2.04. The van der Waals surface area contributed by atoms with Crippen molar-refractivity contribution in [3.05, 3.63) is 52.7 Å². The number of nitrogens with one attached hydrogen (secondary N) is 2. The fraction of sp³-hybridized carbons (Fsp3) is 0.0714. The molecule has 0 unspecified atom stereocenters. The summed E-state index contributed by atoms with van der Waals surface area (Å²) >= 11 is 1.54. The minimum atomic E-state index is -0.389. The van der Waals surface area contributed by atoms with Crippen LogP contribution in [0.1, 0.15) is 5.56 Å². The summed E-state index contributed by atoms with van der Waals surface area (Å²) < 4.78 is 5.36. The summed E-state index contributed by atoms with van der Waals surface area (Å²) in [7, 11) is 0. The number of aromatic nitrogens is 2. The number of rotatable bonds is 4. The number of nitrogens with zero attached hydrogens (tertiary/aromatic N) is 2. The maximum Gasteiger partial charge on any atom is 0.324 e. The van der Waals surface area contributed by atoms with Crippen molar-refractivity contribution in [1.82, 2.24) is 15.5 Å². The molecule has 0 spiro atoms. The van der Waals surface area contributed by atoms with Crippen LogP contribution in [-0.2, 0) is 6.54 Å². The van der Waals surface area contributed by atoms with Crippen LogP contribution in [-0.4, -0.2) is 16.2 Å². The molecule has 2 heterocycles. The third-order valence-electron chi connectivity index (χ3n) is 2.71. The second-order valence-electron chi connectivity index (χ2n) is 4.22. The molecule has 0 saturated carbocycles. The predicted molar refractivity (Wildman–Crippen MR) is 79.9 cm³/mol. The van der Waals surface area contributed by atoms with Gasteiger partial charge in [0.1, 0.15) is 0 Å². The van der Waals surface area contributed by atoms with Crippen LogP contribution in [0.4, 0.5) is 10.8 Å². The predicted octanol–water partition coefficient (Wildman–Crippen LogP) is 3.12. The number of carbonyl (C=O) groups excluding carboxylic acids is 1. The third kappa shape index (κ3) is 3.46. The Morgan fingerprint density at radius 3 is 2.81 bits per heavy atom. The van der Waals surface area contributed by atoms with Gasteiger partial charge in [0.15, 0.2) is 0 Å². The standard InChI is InChI=1S/C14H12N4O2S/c19-13(15-8-10-4-2-1-3-5-10)16-14-18-17-12(20-14)11-6-7-21-9-11/h1-7,9H,8H2,(H2,15,16,18,19). The molecule has 21 heavy (non-hydrogen) atoms. The number of urea groups is 1. The minimum Gasteiger partial charge on any atom is -0.403 e. The van der Waals surface area contributed by atoms with Gasteiger partial charge in [0, 0.05) is 17.5 Å². The topological polar surface area (TPSA) is 80.0 Å². The van der Waals surface area contributed by atoms with Gasteiger partial charge in [0.05, 0.1) is 0 Å². The zero-order chi connectivity index (χ0) is 14.5. The zero-order valence-electron chi connectivity index (χ0n) is 10.9. The van der Waals surface area contributed by atoms with Gasteiger partial charge in [-0.3, -0.25) is 5.32 Å². The molecule has 6 nitrogen and oxygen atoms in total. The summed E-state index contributed by atoms with van der Waals surface area (Å²) in [6, 6.07) is 11.2. The average molecular weight is 300 g/mol. The smallest absolute Gasteiger partial charge is 0.324 e. The summed E-state index contributed by atoms with van der Waals surface area (Å²) in [6.45, 7) is 0.429. The summed E-state index contributed by atoms with van der Waals surface area (Å²) in [4.78, 5) is 11.7. The molecule has 2 amide bonds. The van der Waals surface area contributed by atoms with E-state index in [2.05, 4.69) is 20.8 Å². The van der Waals surface area contributed by atoms with Crippen LogP contribution >= 0.6 is 11.3 Å². The number of anilines is 1. The molecule has 0 radical (unpaired) electrons. The third-order valence-corrected chi connectivity index (χ3v) is 3.39. The van der Waals surface area contributed by atoms with Crippen LogP contribution < -0.4 is 10.6 Å². The highest BCUT2D eigenvalue weighted by atomic mass is 32.1. The molecule has 0 saturated heterocycles. The summed E-state index contributed by atoms with van der Waals surface area (Å²) in [5.41, 5.74) is 1.85. The maximum absolute atomic E-state index is 11.7. The molecule has 7 heteroatoms. The largest absolute Gasteiger partial charge is 0.403 e. The molecule has 1 aromatic carbocycles. The Morgan fingerprint density at radius 2 is 2.05 bits per heavy atom. The Kier molecular flexibility index (Phi) is 3.92. The number of benzene rings is 1. The van der Waals surface area contributed by atoms with Gasteiger partial charge in [-0.15, -0.1) is 5.10 Å². The molecule has 106 valence electrons. The first kappa shape index (κ1) is 13.3. The van der Waals surface area contributed by atoms with E-state index in [4.69, 9.17) is 4.42 Å². The Balaban J connectivity index is 1.55. The van der Waals surface area contributed by atoms with E-state index in [0.29, 0.717) is 12.4 Å². The molecule has 0 atom stereocenters. The Morgan fingerprint density at radius 1 is 1.19 bits per heavy atom. The van der Waals surface area contributed by atoms with Crippen LogP contribution in [0.25, 0.3) is 11.5 Å². The minimum absolute atomic E-state index is 0.0711. The summed E-state index contributed by atoms with van der Waals surface area (Å²) in [5.74, 6) is 0.384. The van der Waals surface area contributed by atoms with Crippen molar-refractivity contribution >= 4 is 23.4 Å². The van der Waals surface area contributed by atoms with Crippen molar-refractivity contribution < 1.29 is 9.21 Å². The number of hydrogen-bond donors (Lipinski definition) is 2. The quantitative estimate of drug-likeness (QED) is 0.775. The second-order valence-corrected chi connectivity index (χ2v) is 5.00. The molecule has 3 aromatic rings. The van der Waals surface area contributed by atoms with Crippen molar-refractivity contribution in [2.75, 3.05) is 5.32 Å². The fourth-order valence-electron chi connectivity index (χ4n) is 1.70. The van der Waals surface area contributed by atoms with Crippen LogP contribution in [0.5, 0.6) is 0 Å². The first-order valence-corrected chi connectivity index (χ1v) is 7.20. The van der Waals surface area contributed by atoms with E-state index in [1.807, 2.05) is 47.2 Å². The molecule has 0 fully saturated rings. The molecule has 0 aliphatic carbocycles. The fourth-order valence-corrected chi connectivity index (χ4v) is 2.33. The van der Waals surface area contributed by atoms with Gasteiger partial charge < -0.3 is 9.73 Å². The van der Waals surface area contributed by atoms with E-state index in [1.165, 1.54) is 11.3 Å². The van der Waals surface area contributed by atoms with Crippen LogP contribution in [0.2, 0.25) is 0 Å². The molecular weight excluding hydrogens is 288 g/mol. The van der Waals surface area contributed by atoms with E-state index in [9.17, 15) is 4.79 Å². The van der Waals surface area contributed by atoms with Gasteiger partial charge in [-0.2, -0.15) is 11.3 Å². The van der Waals surface area contributed by atoms with Gasteiger partial charge in [0.2, 0.25) is 0 Å². The van der Waals surface area contributed by atoms with Crippen molar-refractivity contribution in [2.24, 2.45) is 0 Å². The highest BCUT2D eigenvalue weighted by molar-refractivity contribution is 7.08. The summed E-state index contributed by atoms with van der Waals surface area (Å²) in [5, 5.41) is 16.7. The maximum atomic E-state index is 11.7. The molecule has 0 aliphatic rings. The molecule has 2 N–H and O–H groups in total. The Bertz CT molecular complexity index is 710. The Labute approximate surface area is 124 Å². The SMILES string of the molecule is O=C(NCc1ccccc1)Nc1nnc(-c2ccsc2)o1. The molecule has 0 aliphatic heterocycles. The monoisotopic (exact) mass is 300 g/mol. The van der Waals surface area contributed by atoms with Crippen LogP contribution in [0.3, 0.4) is 0 Å². The number of hydrogen-bond acceptors (Lipinski definition) is 5. The van der Waals surface area contributed by atoms with Crippen LogP contribution in [0.15, 0.2) is 51.6 Å². The molecule has 0 bridgehead atoms. The first-order chi connectivity index (χ1) is 10.3. The number of amides is 2. The number of thiophene rings is 1. The summed E-state index contributed by atoms with van der Waals surface area (Å²) in [6.07, 6.45) is 0. The van der Waals surface area contributed by atoms with Crippen LogP contribution in [0, 0.1) is 0 Å². The highest BCUT2D eigenvalue weighted by Gasteiger charge is 2.11. The van der Waals surface area contributed by atoms with Gasteiger partial charge in [-0.05, 0) is 17.0 Å². The van der Waals surface area contributed by atoms with Gasteiger partial charge in [-0.25, -0.2) is 4.79 Å². The van der Waals surface area contributed by atoms with Crippen molar-refractivity contribution in [3.8, 4) is 11.5 Å². The van der Waals surface area contributed by atoms with E-state index in [-0.39, 0.29) is 12.0 Å². The normalized spacial score (nSPS) is 10.3. The lowest BCUT2D eigenvalue weighted by molar-refractivity contribution is 0.251. The molecule has 3 rings (SSSR count). The average Bonchev–Trinajstić information content (AvgIpc) is 3.17. The van der Waals surface area contributed by atoms with Gasteiger partial charge in [-0.1, -0.05) is 35.4 Å². The Hall–Kier alpha value is -2.67. The van der Waals surface area contributed by atoms with Crippen molar-refractivity contribution in [1.29, 1.82) is 0 Å². The van der Waals surface area contributed by atoms with E-state index in [1.54, 1.807) is 0 Å². The second kappa shape index (κ2) is 6.19. The van der Waals surface area contributed by atoms with E-state index in [0.717, 1.165) is 11.1 Å². The molecule has 2 aromatic heterocycles. The first-order valence-electron chi connectivity index (χ1n) is 6.26. The lowest BCUT2D eigenvalue weighted by atomic mass is 10.2. The zero-order valence-corrected chi connectivity index (χ0v) is 11.8. The van der Waals surface area contributed by atoms with Crippen molar-refractivity contribution in [2.45, 2.75) is 6.54 Å².